The summed E-state index contributed by atoms with van der Waals surface area (Å²) < 4.78 is 10.9. The minimum absolute atomic E-state index is 0.121. The van der Waals surface area contributed by atoms with Crippen molar-refractivity contribution >= 4 is 11.8 Å². The minimum atomic E-state index is -0.452. The highest BCUT2D eigenvalue weighted by atomic mass is 16.5. The third-order valence-corrected chi connectivity index (χ3v) is 4.39. The van der Waals surface area contributed by atoms with E-state index in [2.05, 4.69) is 16.0 Å². The van der Waals surface area contributed by atoms with Crippen molar-refractivity contribution in [3.8, 4) is 0 Å². The molecule has 0 aliphatic carbocycles. The monoisotopic (exact) mass is 347 g/mol. The van der Waals surface area contributed by atoms with Gasteiger partial charge in [0.05, 0.1) is 12.7 Å². The molecule has 2 aliphatic heterocycles. The standard InChI is InChI=1S/C18H25N3O4/c22-17(21-11-15-5-2-7-24-15)14-4-1-3-13(9-14)10-20-18(23)16-12-19-6-8-25-16/h1,3-4,9,15-16,19H,2,5-8,10-12H2,(H,20,23)(H,21,22). The molecule has 0 bridgehead atoms. The number of amides is 2. The molecule has 25 heavy (non-hydrogen) atoms. The van der Waals surface area contributed by atoms with E-state index in [-0.39, 0.29) is 17.9 Å². The second-order valence-corrected chi connectivity index (χ2v) is 6.33. The Labute approximate surface area is 147 Å². The van der Waals surface area contributed by atoms with Crippen LogP contribution in [0.15, 0.2) is 24.3 Å². The van der Waals surface area contributed by atoms with Crippen molar-refractivity contribution in [1.82, 2.24) is 16.0 Å². The van der Waals surface area contributed by atoms with Gasteiger partial charge in [0, 0.05) is 38.3 Å². The van der Waals surface area contributed by atoms with Gasteiger partial charge in [-0.3, -0.25) is 9.59 Å². The third kappa shape index (κ3) is 5.26. The first-order chi connectivity index (χ1) is 12.2. The number of rotatable bonds is 6. The molecule has 3 rings (SSSR count). The van der Waals surface area contributed by atoms with Crippen LogP contribution in [0.4, 0.5) is 0 Å². The lowest BCUT2D eigenvalue weighted by atomic mass is 10.1. The highest BCUT2D eigenvalue weighted by Gasteiger charge is 2.21. The van der Waals surface area contributed by atoms with Gasteiger partial charge in [-0.25, -0.2) is 0 Å². The maximum Gasteiger partial charge on any atom is 0.251 e. The smallest absolute Gasteiger partial charge is 0.251 e. The molecule has 0 radical (unpaired) electrons. The number of morpholine rings is 1. The van der Waals surface area contributed by atoms with Gasteiger partial charge in [-0.05, 0) is 30.5 Å². The van der Waals surface area contributed by atoms with Gasteiger partial charge in [0.15, 0.2) is 0 Å². The summed E-state index contributed by atoms with van der Waals surface area (Å²) in [5.41, 5.74) is 1.46. The van der Waals surface area contributed by atoms with Crippen LogP contribution in [-0.2, 0) is 20.8 Å². The van der Waals surface area contributed by atoms with Crippen LogP contribution in [0, 0.1) is 0 Å². The van der Waals surface area contributed by atoms with Gasteiger partial charge >= 0.3 is 0 Å². The Kier molecular flexibility index (Phi) is 6.38. The molecule has 2 aliphatic rings. The molecular formula is C18H25N3O4. The van der Waals surface area contributed by atoms with Crippen molar-refractivity contribution in [2.75, 3.05) is 32.8 Å². The van der Waals surface area contributed by atoms with E-state index in [0.29, 0.717) is 31.8 Å². The normalized spacial score (nSPS) is 23.2. The molecule has 2 amide bonds. The molecule has 3 N–H and O–H groups in total. The number of nitrogens with one attached hydrogen (secondary N) is 3. The molecule has 1 aromatic rings. The summed E-state index contributed by atoms with van der Waals surface area (Å²) in [6, 6.07) is 7.27. The highest BCUT2D eigenvalue weighted by molar-refractivity contribution is 5.94. The van der Waals surface area contributed by atoms with Crippen LogP contribution in [0.5, 0.6) is 0 Å². The van der Waals surface area contributed by atoms with Gasteiger partial charge in [-0.2, -0.15) is 0 Å². The molecule has 136 valence electrons. The lowest BCUT2D eigenvalue weighted by Crippen LogP contribution is -2.47. The molecule has 2 unspecified atom stereocenters. The summed E-state index contributed by atoms with van der Waals surface area (Å²) in [6.07, 6.45) is 1.71. The van der Waals surface area contributed by atoms with Crippen LogP contribution in [0.2, 0.25) is 0 Å². The summed E-state index contributed by atoms with van der Waals surface area (Å²) in [5.74, 6) is -0.260. The Morgan fingerprint density at radius 2 is 2.12 bits per heavy atom. The summed E-state index contributed by atoms with van der Waals surface area (Å²) in [7, 11) is 0. The van der Waals surface area contributed by atoms with Crippen molar-refractivity contribution in [2.24, 2.45) is 0 Å². The number of hydrogen-bond acceptors (Lipinski definition) is 5. The fourth-order valence-electron chi connectivity index (χ4n) is 2.97. The van der Waals surface area contributed by atoms with Gasteiger partial charge in [-0.15, -0.1) is 0 Å². The van der Waals surface area contributed by atoms with E-state index in [1.54, 1.807) is 12.1 Å². The molecule has 7 heteroatoms. The molecule has 7 nitrogen and oxygen atoms in total. The first kappa shape index (κ1) is 17.8. The zero-order chi connectivity index (χ0) is 17.5. The van der Waals surface area contributed by atoms with Crippen molar-refractivity contribution in [3.05, 3.63) is 35.4 Å². The Balaban J connectivity index is 1.48. The van der Waals surface area contributed by atoms with Gasteiger partial charge in [0.25, 0.3) is 11.8 Å². The fraction of sp³-hybridized carbons (Fsp3) is 0.556. The minimum Gasteiger partial charge on any atom is -0.376 e. The molecular weight excluding hydrogens is 322 g/mol. The van der Waals surface area contributed by atoms with Gasteiger partial charge < -0.3 is 25.4 Å². The van der Waals surface area contributed by atoms with E-state index in [1.165, 1.54) is 0 Å². The van der Waals surface area contributed by atoms with Crippen LogP contribution in [0.1, 0.15) is 28.8 Å². The first-order valence-electron chi connectivity index (χ1n) is 8.81. The maximum absolute atomic E-state index is 12.3. The molecule has 0 aromatic heterocycles. The summed E-state index contributed by atoms with van der Waals surface area (Å²) in [4.78, 5) is 24.3. The predicted molar refractivity (Wildman–Crippen MR) is 92.2 cm³/mol. The third-order valence-electron chi connectivity index (χ3n) is 4.39. The van der Waals surface area contributed by atoms with Gasteiger partial charge in [0.2, 0.25) is 0 Å². The van der Waals surface area contributed by atoms with E-state index in [9.17, 15) is 9.59 Å². The SMILES string of the molecule is O=C(NCC1CCCO1)c1cccc(CNC(=O)C2CNCCO2)c1. The topological polar surface area (TPSA) is 88.7 Å². The van der Waals surface area contributed by atoms with E-state index >= 15 is 0 Å². The lowest BCUT2D eigenvalue weighted by Gasteiger charge is -2.22. The van der Waals surface area contributed by atoms with E-state index in [1.807, 2.05) is 12.1 Å². The summed E-state index contributed by atoms with van der Waals surface area (Å²) >= 11 is 0. The number of carbonyl (C=O) groups excluding carboxylic acids is 2. The van der Waals surface area contributed by atoms with Crippen LogP contribution >= 0.6 is 0 Å². The highest BCUT2D eigenvalue weighted by Crippen LogP contribution is 2.11. The second kappa shape index (κ2) is 8.94. The summed E-state index contributed by atoms with van der Waals surface area (Å²) in [5, 5.41) is 8.89. The van der Waals surface area contributed by atoms with Crippen molar-refractivity contribution in [1.29, 1.82) is 0 Å². The average molecular weight is 347 g/mol. The van der Waals surface area contributed by atoms with Crippen LogP contribution in [0.25, 0.3) is 0 Å². The first-order valence-corrected chi connectivity index (χ1v) is 8.81. The molecule has 0 spiro atoms. The zero-order valence-electron chi connectivity index (χ0n) is 14.3. The molecule has 2 atom stereocenters. The average Bonchev–Trinajstić information content (AvgIpc) is 3.19. The predicted octanol–water partition coefficient (Wildman–Crippen LogP) is 0.200. The van der Waals surface area contributed by atoms with Crippen molar-refractivity contribution in [3.63, 3.8) is 0 Å². The molecule has 2 heterocycles. The lowest BCUT2D eigenvalue weighted by molar-refractivity contribution is -0.134. The number of hydrogen-bond donors (Lipinski definition) is 3. The van der Waals surface area contributed by atoms with E-state index in [0.717, 1.165) is 31.6 Å². The Morgan fingerprint density at radius 1 is 1.20 bits per heavy atom. The number of benzene rings is 1. The van der Waals surface area contributed by atoms with Gasteiger partial charge in [-0.1, -0.05) is 12.1 Å². The molecule has 0 saturated carbocycles. The number of ether oxygens (including phenoxy) is 2. The van der Waals surface area contributed by atoms with E-state index < -0.39 is 6.10 Å². The van der Waals surface area contributed by atoms with Crippen molar-refractivity contribution < 1.29 is 19.1 Å². The number of carbonyl (C=O) groups is 2. The zero-order valence-corrected chi connectivity index (χ0v) is 14.3. The Bertz CT molecular complexity index is 596. The van der Waals surface area contributed by atoms with Crippen LogP contribution in [-0.4, -0.2) is 56.9 Å². The Hall–Kier alpha value is -1.96. The Morgan fingerprint density at radius 3 is 2.88 bits per heavy atom. The fourth-order valence-corrected chi connectivity index (χ4v) is 2.97. The maximum atomic E-state index is 12.3. The molecule has 2 saturated heterocycles. The van der Waals surface area contributed by atoms with Crippen molar-refractivity contribution in [2.45, 2.75) is 31.6 Å². The summed E-state index contributed by atoms with van der Waals surface area (Å²) in [6.45, 7) is 3.51. The van der Waals surface area contributed by atoms with Crippen LogP contribution in [0.3, 0.4) is 0 Å². The van der Waals surface area contributed by atoms with Crippen LogP contribution < -0.4 is 16.0 Å². The second-order valence-electron chi connectivity index (χ2n) is 6.33. The van der Waals surface area contributed by atoms with E-state index in [4.69, 9.17) is 9.47 Å². The largest absolute Gasteiger partial charge is 0.376 e. The molecule has 1 aromatic carbocycles. The van der Waals surface area contributed by atoms with Gasteiger partial charge in [0.1, 0.15) is 6.10 Å². The quantitative estimate of drug-likeness (QED) is 0.684. The molecule has 2 fully saturated rings.